The highest BCUT2D eigenvalue weighted by Crippen LogP contribution is 2.36. The Morgan fingerprint density at radius 3 is 2.57 bits per heavy atom. The van der Waals surface area contributed by atoms with Crippen molar-refractivity contribution in [1.82, 2.24) is 10.3 Å². The van der Waals surface area contributed by atoms with Gasteiger partial charge in [-0.2, -0.15) is 0 Å². The molecule has 7 heteroatoms. The van der Waals surface area contributed by atoms with E-state index in [0.29, 0.717) is 34.2 Å². The topological polar surface area (TPSA) is 98.5 Å². The monoisotopic (exact) mass is 466 g/mol. The van der Waals surface area contributed by atoms with Gasteiger partial charge in [0.2, 0.25) is 0 Å². The number of carbonyl (C=O) groups excluding carboxylic acids is 3. The maximum absolute atomic E-state index is 13.3. The molecule has 2 aromatic heterocycles. The summed E-state index contributed by atoms with van der Waals surface area (Å²) in [4.78, 5) is 42.6. The van der Waals surface area contributed by atoms with Crippen LogP contribution in [0.2, 0.25) is 0 Å². The minimum absolute atomic E-state index is 0.345. The molecule has 2 heterocycles. The number of para-hydroxylation sites is 1. The van der Waals surface area contributed by atoms with Crippen LogP contribution >= 0.6 is 0 Å². The van der Waals surface area contributed by atoms with E-state index >= 15 is 0 Å². The van der Waals surface area contributed by atoms with Crippen LogP contribution in [0.15, 0.2) is 77.4 Å². The number of furan rings is 1. The Morgan fingerprint density at radius 1 is 0.971 bits per heavy atom. The van der Waals surface area contributed by atoms with Gasteiger partial charge in [-0.15, -0.1) is 0 Å². The summed E-state index contributed by atoms with van der Waals surface area (Å²) in [6, 6.07) is 19.4. The average molecular weight is 466 g/mol. The molecule has 0 spiro atoms. The first kappa shape index (κ1) is 22.3. The van der Waals surface area contributed by atoms with E-state index in [-0.39, 0.29) is 0 Å². The summed E-state index contributed by atoms with van der Waals surface area (Å²) in [6.07, 6.45) is 5.85. The Kier molecular flexibility index (Phi) is 6.22. The fourth-order valence-electron chi connectivity index (χ4n) is 4.28. The molecule has 2 amide bonds. The van der Waals surface area contributed by atoms with Gasteiger partial charge in [0.1, 0.15) is 5.76 Å². The van der Waals surface area contributed by atoms with Crippen LogP contribution in [0.25, 0.3) is 22.6 Å². The summed E-state index contributed by atoms with van der Waals surface area (Å²) >= 11 is 0. The standard InChI is InChI=1S/C28H22N2O5/c31-24(30-27(32)18-8-2-1-3-9-18)17-35-28(33)25-21-12-4-5-14-23(21)29-26-19(10-6-13-22(25)26)16-20-11-7-15-34-20/h1-5,7-9,11-12,14-16H,6,10,13,17H2,(H,30,31,32). The van der Waals surface area contributed by atoms with Gasteiger partial charge in [-0.25, -0.2) is 9.78 Å². The van der Waals surface area contributed by atoms with E-state index < -0.39 is 24.4 Å². The van der Waals surface area contributed by atoms with Crippen molar-refractivity contribution in [1.29, 1.82) is 0 Å². The third-order valence-electron chi connectivity index (χ3n) is 5.86. The van der Waals surface area contributed by atoms with Crippen LogP contribution in [0.5, 0.6) is 0 Å². The molecule has 1 aliphatic carbocycles. The Labute approximate surface area is 201 Å². The Hall–Kier alpha value is -4.52. The van der Waals surface area contributed by atoms with E-state index in [1.54, 1.807) is 36.6 Å². The second kappa shape index (κ2) is 9.77. The SMILES string of the molecule is O=C(COC(=O)c1c2c(nc3ccccc13)C(=Cc1ccco1)CCC2)NC(=O)c1ccccc1. The summed E-state index contributed by atoms with van der Waals surface area (Å²) in [5, 5.41) is 2.91. The summed E-state index contributed by atoms with van der Waals surface area (Å²) in [6.45, 7) is -0.572. The minimum atomic E-state index is -0.696. The number of rotatable bonds is 5. The molecular weight excluding hydrogens is 444 g/mol. The van der Waals surface area contributed by atoms with Crippen molar-refractivity contribution in [2.75, 3.05) is 6.61 Å². The predicted octanol–water partition coefficient (Wildman–Crippen LogP) is 4.82. The Morgan fingerprint density at radius 2 is 1.77 bits per heavy atom. The molecule has 4 aromatic rings. The van der Waals surface area contributed by atoms with Gasteiger partial charge in [0.15, 0.2) is 6.61 Å². The quantitative estimate of drug-likeness (QED) is 0.424. The highest BCUT2D eigenvalue weighted by atomic mass is 16.5. The van der Waals surface area contributed by atoms with Crippen LogP contribution in [-0.2, 0) is 16.0 Å². The smallest absolute Gasteiger partial charge is 0.339 e. The van der Waals surface area contributed by atoms with Crippen molar-refractivity contribution < 1.29 is 23.5 Å². The average Bonchev–Trinajstić information content (AvgIpc) is 3.40. The fraction of sp³-hybridized carbons (Fsp3) is 0.143. The molecule has 174 valence electrons. The second-order valence-electron chi connectivity index (χ2n) is 8.19. The number of fused-ring (bicyclic) bond motifs is 2. The van der Waals surface area contributed by atoms with Crippen molar-refractivity contribution in [3.05, 3.63) is 101 Å². The number of nitrogens with one attached hydrogen (secondary N) is 1. The second-order valence-corrected chi connectivity index (χ2v) is 8.19. The van der Waals surface area contributed by atoms with E-state index in [2.05, 4.69) is 5.32 Å². The molecule has 35 heavy (non-hydrogen) atoms. The summed E-state index contributed by atoms with van der Waals surface area (Å²) in [7, 11) is 0. The minimum Gasteiger partial charge on any atom is -0.465 e. The van der Waals surface area contributed by atoms with Crippen molar-refractivity contribution >= 4 is 40.3 Å². The van der Waals surface area contributed by atoms with E-state index in [0.717, 1.165) is 29.7 Å². The molecule has 0 saturated heterocycles. The maximum Gasteiger partial charge on any atom is 0.339 e. The number of carbonyl (C=O) groups is 3. The molecule has 1 N–H and O–H groups in total. The third kappa shape index (κ3) is 4.75. The molecule has 1 aliphatic rings. The van der Waals surface area contributed by atoms with Crippen LogP contribution in [-0.4, -0.2) is 29.4 Å². The number of amides is 2. The lowest BCUT2D eigenvalue weighted by Gasteiger charge is -2.22. The number of aromatic nitrogens is 1. The van der Waals surface area contributed by atoms with Crippen LogP contribution in [0.3, 0.4) is 0 Å². The molecule has 0 unspecified atom stereocenters. The Balaban J connectivity index is 1.42. The first-order chi connectivity index (χ1) is 17.1. The molecule has 5 rings (SSSR count). The van der Waals surface area contributed by atoms with E-state index in [4.69, 9.17) is 14.1 Å². The van der Waals surface area contributed by atoms with E-state index in [1.165, 1.54) is 0 Å². The third-order valence-corrected chi connectivity index (χ3v) is 5.86. The first-order valence-corrected chi connectivity index (χ1v) is 11.3. The number of pyridine rings is 1. The molecule has 0 bridgehead atoms. The highest BCUT2D eigenvalue weighted by Gasteiger charge is 2.26. The molecule has 2 aromatic carbocycles. The number of hydrogen-bond acceptors (Lipinski definition) is 6. The van der Waals surface area contributed by atoms with Crippen molar-refractivity contribution in [2.45, 2.75) is 19.3 Å². The molecular formula is C28H22N2O5. The number of nitrogens with zero attached hydrogens (tertiary/aromatic N) is 1. The lowest BCUT2D eigenvalue weighted by molar-refractivity contribution is -0.123. The van der Waals surface area contributed by atoms with Gasteiger partial charge in [0.05, 0.1) is 23.0 Å². The molecule has 0 saturated carbocycles. The van der Waals surface area contributed by atoms with Crippen molar-refractivity contribution in [2.24, 2.45) is 0 Å². The molecule has 7 nitrogen and oxygen atoms in total. The van der Waals surface area contributed by atoms with Crippen LogP contribution in [0.4, 0.5) is 0 Å². The molecule has 0 fully saturated rings. The maximum atomic E-state index is 13.3. The first-order valence-electron chi connectivity index (χ1n) is 11.3. The van der Waals surface area contributed by atoms with Gasteiger partial charge >= 0.3 is 5.97 Å². The fourth-order valence-corrected chi connectivity index (χ4v) is 4.28. The number of ether oxygens (including phenoxy) is 1. The number of benzene rings is 2. The highest BCUT2D eigenvalue weighted by molar-refractivity contribution is 6.08. The van der Waals surface area contributed by atoms with Crippen LogP contribution in [0.1, 0.15) is 50.6 Å². The molecule has 0 atom stereocenters. The van der Waals surface area contributed by atoms with Gasteiger partial charge in [-0.1, -0.05) is 36.4 Å². The summed E-state index contributed by atoms with van der Waals surface area (Å²) in [5.41, 5.74) is 3.91. The van der Waals surface area contributed by atoms with Gasteiger partial charge < -0.3 is 9.15 Å². The van der Waals surface area contributed by atoms with Crippen LogP contribution in [0, 0.1) is 0 Å². The lowest BCUT2D eigenvalue weighted by Crippen LogP contribution is -2.34. The normalized spacial score (nSPS) is 13.9. The molecule has 0 radical (unpaired) electrons. The van der Waals surface area contributed by atoms with Crippen molar-refractivity contribution in [3.8, 4) is 0 Å². The number of allylic oxidation sites excluding steroid dienone is 1. The number of hydrogen-bond donors (Lipinski definition) is 1. The largest absolute Gasteiger partial charge is 0.465 e. The number of imide groups is 1. The van der Waals surface area contributed by atoms with Crippen molar-refractivity contribution in [3.63, 3.8) is 0 Å². The summed E-state index contributed by atoms with van der Waals surface area (Å²) in [5.74, 6) is -1.16. The predicted molar refractivity (Wildman–Crippen MR) is 130 cm³/mol. The zero-order valence-electron chi connectivity index (χ0n) is 18.8. The van der Waals surface area contributed by atoms with Gasteiger partial charge in [-0.05, 0) is 66.8 Å². The van der Waals surface area contributed by atoms with Gasteiger partial charge in [0, 0.05) is 10.9 Å². The molecule has 0 aliphatic heterocycles. The summed E-state index contributed by atoms with van der Waals surface area (Å²) < 4.78 is 10.9. The van der Waals surface area contributed by atoms with E-state index in [9.17, 15) is 14.4 Å². The Bertz CT molecular complexity index is 1440. The van der Waals surface area contributed by atoms with Gasteiger partial charge in [-0.3, -0.25) is 14.9 Å². The zero-order valence-corrected chi connectivity index (χ0v) is 18.8. The van der Waals surface area contributed by atoms with Crippen LogP contribution < -0.4 is 5.32 Å². The van der Waals surface area contributed by atoms with E-state index in [1.807, 2.05) is 42.5 Å². The zero-order chi connectivity index (χ0) is 24.2. The lowest BCUT2D eigenvalue weighted by atomic mass is 9.86. The number of esters is 1. The van der Waals surface area contributed by atoms with Gasteiger partial charge in [0.25, 0.3) is 11.8 Å².